The van der Waals surface area contributed by atoms with Gasteiger partial charge in [0.25, 0.3) is 5.91 Å². The third kappa shape index (κ3) is 3.74. The number of para-hydroxylation sites is 1. The molecule has 1 saturated heterocycles. The first-order valence-corrected chi connectivity index (χ1v) is 8.10. The molecule has 0 saturated carbocycles. The van der Waals surface area contributed by atoms with Gasteiger partial charge in [0.05, 0.1) is 0 Å². The Balaban J connectivity index is 1.60. The van der Waals surface area contributed by atoms with Crippen LogP contribution in [0.1, 0.15) is 17.3 Å². The van der Waals surface area contributed by atoms with E-state index in [2.05, 4.69) is 22.3 Å². The zero-order valence-electron chi connectivity index (χ0n) is 13.7. The molecule has 0 radical (unpaired) electrons. The first kappa shape index (κ1) is 16.1. The summed E-state index contributed by atoms with van der Waals surface area (Å²) in [4.78, 5) is 27.8. The molecule has 1 fully saturated rings. The lowest BCUT2D eigenvalue weighted by Gasteiger charge is -2.36. The predicted octanol–water partition coefficient (Wildman–Crippen LogP) is 2.61. The number of rotatable bonds is 3. The lowest BCUT2D eigenvalue weighted by Crippen LogP contribution is -2.48. The number of piperazine rings is 1. The van der Waals surface area contributed by atoms with Crippen LogP contribution in [0.4, 0.5) is 11.4 Å². The van der Waals surface area contributed by atoms with E-state index in [4.69, 9.17) is 0 Å². The number of benzene rings is 2. The van der Waals surface area contributed by atoms with Gasteiger partial charge in [-0.25, -0.2) is 0 Å². The number of carbonyl (C=O) groups excluding carboxylic acids is 2. The average molecular weight is 323 g/mol. The molecule has 5 heteroatoms. The van der Waals surface area contributed by atoms with Crippen molar-refractivity contribution in [3.05, 3.63) is 60.2 Å². The maximum Gasteiger partial charge on any atom is 0.253 e. The molecule has 24 heavy (non-hydrogen) atoms. The van der Waals surface area contributed by atoms with E-state index in [1.807, 2.05) is 23.1 Å². The van der Waals surface area contributed by atoms with E-state index in [0.717, 1.165) is 13.1 Å². The van der Waals surface area contributed by atoms with Crippen molar-refractivity contribution < 1.29 is 9.59 Å². The van der Waals surface area contributed by atoms with Crippen LogP contribution in [-0.4, -0.2) is 42.9 Å². The molecule has 0 atom stereocenters. The summed E-state index contributed by atoms with van der Waals surface area (Å²) in [5.74, 6) is -0.0804. The van der Waals surface area contributed by atoms with Crippen molar-refractivity contribution in [2.75, 3.05) is 36.4 Å². The smallest absolute Gasteiger partial charge is 0.253 e. The van der Waals surface area contributed by atoms with E-state index < -0.39 is 0 Å². The summed E-state index contributed by atoms with van der Waals surface area (Å²) in [6, 6.07) is 17.3. The van der Waals surface area contributed by atoms with Gasteiger partial charge in [0.15, 0.2) is 0 Å². The highest BCUT2D eigenvalue weighted by molar-refractivity contribution is 5.95. The molecule has 0 aliphatic carbocycles. The highest BCUT2D eigenvalue weighted by Crippen LogP contribution is 2.17. The molecule has 1 N–H and O–H groups in total. The van der Waals surface area contributed by atoms with Crippen LogP contribution in [0.15, 0.2) is 54.6 Å². The quantitative estimate of drug-likeness (QED) is 0.945. The van der Waals surface area contributed by atoms with Crippen LogP contribution < -0.4 is 10.2 Å². The molecule has 0 bridgehead atoms. The monoisotopic (exact) mass is 323 g/mol. The topological polar surface area (TPSA) is 52.7 Å². The van der Waals surface area contributed by atoms with E-state index in [0.29, 0.717) is 24.3 Å². The van der Waals surface area contributed by atoms with E-state index in [-0.39, 0.29) is 11.8 Å². The summed E-state index contributed by atoms with van der Waals surface area (Å²) < 4.78 is 0. The molecule has 0 unspecified atom stereocenters. The number of hydrogen-bond donors (Lipinski definition) is 1. The van der Waals surface area contributed by atoms with Gasteiger partial charge < -0.3 is 15.1 Å². The van der Waals surface area contributed by atoms with E-state index in [9.17, 15) is 9.59 Å². The van der Waals surface area contributed by atoms with Crippen molar-refractivity contribution in [3.63, 3.8) is 0 Å². The summed E-state index contributed by atoms with van der Waals surface area (Å²) in [5, 5.41) is 2.70. The minimum absolute atomic E-state index is 0.0390. The molecule has 1 heterocycles. The molecule has 2 aromatic rings. The minimum Gasteiger partial charge on any atom is -0.368 e. The average Bonchev–Trinajstić information content (AvgIpc) is 2.62. The number of hydrogen-bond acceptors (Lipinski definition) is 3. The second-order valence-corrected chi connectivity index (χ2v) is 5.87. The van der Waals surface area contributed by atoms with Crippen LogP contribution in [-0.2, 0) is 4.79 Å². The number of amides is 2. The predicted molar refractivity (Wildman–Crippen MR) is 95.3 cm³/mol. The molecular formula is C19H21N3O2. The summed E-state index contributed by atoms with van der Waals surface area (Å²) in [7, 11) is 0. The normalized spacial score (nSPS) is 14.4. The molecule has 1 aliphatic heterocycles. The third-order valence-corrected chi connectivity index (χ3v) is 4.14. The Morgan fingerprint density at radius 3 is 2.08 bits per heavy atom. The molecule has 3 rings (SSSR count). The van der Waals surface area contributed by atoms with E-state index in [1.54, 1.807) is 24.3 Å². The summed E-state index contributed by atoms with van der Waals surface area (Å²) in [6.45, 7) is 4.55. The van der Waals surface area contributed by atoms with Gasteiger partial charge in [-0.1, -0.05) is 18.2 Å². The molecule has 124 valence electrons. The van der Waals surface area contributed by atoms with Gasteiger partial charge in [0.1, 0.15) is 0 Å². The van der Waals surface area contributed by atoms with Crippen molar-refractivity contribution >= 4 is 23.2 Å². The van der Waals surface area contributed by atoms with Crippen LogP contribution in [0.2, 0.25) is 0 Å². The van der Waals surface area contributed by atoms with Crippen molar-refractivity contribution in [2.24, 2.45) is 0 Å². The van der Waals surface area contributed by atoms with Gasteiger partial charge in [-0.3, -0.25) is 9.59 Å². The fourth-order valence-electron chi connectivity index (χ4n) is 2.89. The Labute approximate surface area is 141 Å². The Morgan fingerprint density at radius 1 is 0.875 bits per heavy atom. The first-order valence-electron chi connectivity index (χ1n) is 8.10. The Morgan fingerprint density at radius 2 is 1.50 bits per heavy atom. The van der Waals surface area contributed by atoms with Gasteiger partial charge in [-0.15, -0.1) is 0 Å². The number of anilines is 2. The standard InChI is InChI=1S/C19H21N3O2/c1-15(23)20-17-9-7-16(8-10-17)19(24)22-13-11-21(12-14-22)18-5-3-2-4-6-18/h2-10H,11-14H2,1H3,(H,20,23). The van der Waals surface area contributed by atoms with Gasteiger partial charge >= 0.3 is 0 Å². The van der Waals surface area contributed by atoms with Crippen LogP contribution in [0.5, 0.6) is 0 Å². The number of nitrogens with zero attached hydrogens (tertiary/aromatic N) is 2. The van der Waals surface area contributed by atoms with Crippen LogP contribution in [0.25, 0.3) is 0 Å². The van der Waals surface area contributed by atoms with Crippen LogP contribution in [0, 0.1) is 0 Å². The first-order chi connectivity index (χ1) is 11.6. The van der Waals surface area contributed by atoms with Crippen molar-refractivity contribution in [1.82, 2.24) is 4.90 Å². The molecule has 2 aromatic carbocycles. The van der Waals surface area contributed by atoms with E-state index >= 15 is 0 Å². The van der Waals surface area contributed by atoms with Crippen LogP contribution in [0.3, 0.4) is 0 Å². The Bertz CT molecular complexity index is 705. The van der Waals surface area contributed by atoms with E-state index in [1.165, 1.54) is 12.6 Å². The second-order valence-electron chi connectivity index (χ2n) is 5.87. The maximum absolute atomic E-state index is 12.6. The minimum atomic E-state index is -0.119. The number of nitrogens with one attached hydrogen (secondary N) is 1. The lowest BCUT2D eigenvalue weighted by molar-refractivity contribution is -0.114. The second kappa shape index (κ2) is 7.17. The third-order valence-electron chi connectivity index (χ3n) is 4.14. The van der Waals surface area contributed by atoms with Crippen molar-refractivity contribution in [2.45, 2.75) is 6.92 Å². The fraction of sp³-hybridized carbons (Fsp3) is 0.263. The SMILES string of the molecule is CC(=O)Nc1ccc(C(=O)N2CCN(c3ccccc3)CC2)cc1. The fourth-order valence-corrected chi connectivity index (χ4v) is 2.89. The molecule has 2 amide bonds. The summed E-state index contributed by atoms with van der Waals surface area (Å²) in [6.07, 6.45) is 0. The molecule has 5 nitrogen and oxygen atoms in total. The number of carbonyl (C=O) groups is 2. The van der Waals surface area contributed by atoms with Crippen molar-refractivity contribution in [3.8, 4) is 0 Å². The lowest BCUT2D eigenvalue weighted by atomic mass is 10.1. The Kier molecular flexibility index (Phi) is 4.79. The molecule has 0 aromatic heterocycles. The summed E-state index contributed by atoms with van der Waals surface area (Å²) >= 11 is 0. The van der Waals surface area contributed by atoms with Gasteiger partial charge in [0.2, 0.25) is 5.91 Å². The van der Waals surface area contributed by atoms with Crippen LogP contribution >= 0.6 is 0 Å². The van der Waals surface area contributed by atoms with Crippen molar-refractivity contribution in [1.29, 1.82) is 0 Å². The largest absolute Gasteiger partial charge is 0.368 e. The maximum atomic E-state index is 12.6. The zero-order valence-corrected chi connectivity index (χ0v) is 13.7. The summed E-state index contributed by atoms with van der Waals surface area (Å²) in [5.41, 5.74) is 2.55. The van der Waals surface area contributed by atoms with Gasteiger partial charge in [-0.05, 0) is 36.4 Å². The molecular weight excluding hydrogens is 302 g/mol. The van der Waals surface area contributed by atoms with Gasteiger partial charge in [0, 0.05) is 50.0 Å². The van der Waals surface area contributed by atoms with Gasteiger partial charge in [-0.2, -0.15) is 0 Å². The zero-order chi connectivity index (χ0) is 16.9. The molecule has 1 aliphatic rings. The highest BCUT2D eigenvalue weighted by Gasteiger charge is 2.22. The highest BCUT2D eigenvalue weighted by atomic mass is 16.2. The molecule has 0 spiro atoms. The Hall–Kier alpha value is -2.82.